The second kappa shape index (κ2) is 6.00. The van der Waals surface area contributed by atoms with Gasteiger partial charge in [0.2, 0.25) is 0 Å². The predicted octanol–water partition coefficient (Wildman–Crippen LogP) is 1.27. The summed E-state index contributed by atoms with van der Waals surface area (Å²) in [4.78, 5) is 42.0. The number of fused-ring (bicyclic) bond motifs is 1. The van der Waals surface area contributed by atoms with Crippen molar-refractivity contribution in [1.29, 1.82) is 0 Å². The minimum atomic E-state index is -0.803. The molecule has 0 radical (unpaired) electrons. The number of aryl methyl sites for hydroxylation is 1. The van der Waals surface area contributed by atoms with E-state index in [4.69, 9.17) is 4.74 Å². The third kappa shape index (κ3) is 2.37. The summed E-state index contributed by atoms with van der Waals surface area (Å²) in [6, 6.07) is 7.53. The van der Waals surface area contributed by atoms with Crippen LogP contribution in [0, 0.1) is 0 Å². The summed E-state index contributed by atoms with van der Waals surface area (Å²) in [5, 5.41) is 0. The van der Waals surface area contributed by atoms with Crippen LogP contribution in [0.15, 0.2) is 24.3 Å². The second-order valence-corrected chi connectivity index (χ2v) is 7.32. The number of rotatable bonds is 1. The highest BCUT2D eigenvalue weighted by atomic mass is 16.5. The van der Waals surface area contributed by atoms with Gasteiger partial charge in [-0.2, -0.15) is 0 Å². The summed E-state index contributed by atoms with van der Waals surface area (Å²) in [6.07, 6.45) is 1.95. The monoisotopic (exact) mass is 357 g/mol. The summed E-state index contributed by atoms with van der Waals surface area (Å²) in [6.45, 7) is 0.912. The van der Waals surface area contributed by atoms with Crippen LogP contribution < -0.4 is 4.74 Å². The Morgan fingerprint density at radius 3 is 2.50 bits per heavy atom. The molecule has 0 saturated carbocycles. The molecule has 0 unspecified atom stereocenters. The van der Waals surface area contributed by atoms with Crippen molar-refractivity contribution >= 4 is 17.8 Å². The van der Waals surface area contributed by atoms with Gasteiger partial charge in [0.25, 0.3) is 11.8 Å². The molecule has 7 heteroatoms. The van der Waals surface area contributed by atoms with Crippen molar-refractivity contribution in [2.24, 2.45) is 0 Å². The van der Waals surface area contributed by atoms with Crippen LogP contribution >= 0.6 is 0 Å². The van der Waals surface area contributed by atoms with Gasteiger partial charge >= 0.3 is 6.03 Å². The minimum absolute atomic E-state index is 0.0258. The highest BCUT2D eigenvalue weighted by Gasteiger charge is 2.55. The molecule has 26 heavy (non-hydrogen) atoms. The summed E-state index contributed by atoms with van der Waals surface area (Å²) in [5.41, 5.74) is 0.330. The number of hydrogen-bond donors (Lipinski definition) is 0. The maximum atomic E-state index is 12.9. The lowest BCUT2D eigenvalue weighted by Gasteiger charge is -2.41. The largest absolute Gasteiger partial charge is 0.480 e. The number of amides is 4. The maximum Gasteiger partial charge on any atom is 0.327 e. The normalized spacial score (nSPS) is 24.7. The van der Waals surface area contributed by atoms with Gasteiger partial charge in [0.05, 0.1) is 0 Å². The van der Waals surface area contributed by atoms with E-state index in [1.165, 1.54) is 16.8 Å². The third-order valence-electron chi connectivity index (χ3n) is 6.01. The lowest BCUT2D eigenvalue weighted by atomic mass is 9.86. The van der Waals surface area contributed by atoms with Crippen molar-refractivity contribution in [1.82, 2.24) is 14.7 Å². The predicted molar refractivity (Wildman–Crippen MR) is 93.7 cm³/mol. The van der Waals surface area contributed by atoms with Crippen molar-refractivity contribution in [3.05, 3.63) is 29.8 Å². The Kier molecular flexibility index (Phi) is 3.89. The number of likely N-dealkylation sites (tertiary alicyclic amines) is 1. The number of benzene rings is 1. The van der Waals surface area contributed by atoms with E-state index in [-0.39, 0.29) is 17.8 Å². The number of para-hydroxylation sites is 1. The molecule has 2 fully saturated rings. The Bertz CT molecular complexity index is 770. The zero-order valence-corrected chi connectivity index (χ0v) is 15.1. The molecule has 0 N–H and O–H groups in total. The van der Waals surface area contributed by atoms with Crippen LogP contribution in [-0.2, 0) is 16.0 Å². The fraction of sp³-hybridized carbons (Fsp3) is 0.526. The molecular formula is C19H23N3O4. The number of imide groups is 1. The Morgan fingerprint density at radius 2 is 1.85 bits per heavy atom. The first-order valence-electron chi connectivity index (χ1n) is 9.03. The summed E-state index contributed by atoms with van der Waals surface area (Å²) in [5.74, 6) is 0.589. The van der Waals surface area contributed by atoms with Crippen molar-refractivity contribution in [3.8, 4) is 5.75 Å². The first-order valence-corrected chi connectivity index (χ1v) is 9.03. The third-order valence-corrected chi connectivity index (χ3v) is 6.01. The van der Waals surface area contributed by atoms with E-state index >= 15 is 0 Å². The summed E-state index contributed by atoms with van der Waals surface area (Å²) < 4.78 is 5.91. The molecular weight excluding hydrogens is 334 g/mol. The lowest BCUT2D eigenvalue weighted by Crippen LogP contribution is -2.57. The fourth-order valence-corrected chi connectivity index (χ4v) is 4.30. The van der Waals surface area contributed by atoms with E-state index in [1.807, 2.05) is 24.3 Å². The van der Waals surface area contributed by atoms with Gasteiger partial charge < -0.3 is 14.5 Å². The van der Waals surface area contributed by atoms with Crippen molar-refractivity contribution in [2.45, 2.75) is 37.3 Å². The van der Waals surface area contributed by atoms with Gasteiger partial charge in [-0.25, -0.2) is 4.79 Å². The quantitative estimate of drug-likeness (QED) is 0.710. The zero-order valence-electron chi connectivity index (χ0n) is 15.1. The molecule has 0 aromatic heterocycles. The number of ether oxygens (including phenoxy) is 1. The first kappa shape index (κ1) is 16.9. The van der Waals surface area contributed by atoms with Crippen LogP contribution in [0.25, 0.3) is 0 Å². The number of carbonyl (C=O) groups is 3. The summed E-state index contributed by atoms with van der Waals surface area (Å²) >= 11 is 0. The molecule has 138 valence electrons. The fourth-order valence-electron chi connectivity index (χ4n) is 4.30. The Labute approximate surface area is 152 Å². The minimum Gasteiger partial charge on any atom is -0.480 e. The standard InChI is InChI=1S/C19H23N3O4/c1-20-17(24)19(21(2)18(20)25)9-11-22(12-10-19)16(23)15-8-7-13-5-3-4-6-14(13)26-15/h3-6,15H,7-12H2,1-2H3/t15-/m0/s1. The van der Waals surface area contributed by atoms with Crippen LogP contribution in [0.5, 0.6) is 5.75 Å². The van der Waals surface area contributed by atoms with Crippen molar-refractivity contribution in [3.63, 3.8) is 0 Å². The van der Waals surface area contributed by atoms with Crippen LogP contribution in [0.1, 0.15) is 24.8 Å². The molecule has 0 bridgehead atoms. The number of carbonyl (C=O) groups excluding carboxylic acids is 3. The SMILES string of the molecule is CN1C(=O)N(C)C2(CCN(C(=O)[C@@H]3CCc4ccccc4O3)CC2)C1=O. The van der Waals surface area contributed by atoms with E-state index in [2.05, 4.69) is 0 Å². The van der Waals surface area contributed by atoms with E-state index in [1.54, 1.807) is 11.9 Å². The molecule has 3 heterocycles. The molecule has 1 aromatic rings. The number of urea groups is 1. The molecule has 4 amide bonds. The molecule has 1 atom stereocenters. The Balaban J connectivity index is 1.43. The van der Waals surface area contributed by atoms with Gasteiger partial charge in [-0.15, -0.1) is 0 Å². The molecule has 1 aromatic carbocycles. The number of likely N-dealkylation sites (N-methyl/N-ethyl adjacent to an activating group) is 2. The lowest BCUT2D eigenvalue weighted by molar-refractivity contribution is -0.145. The van der Waals surface area contributed by atoms with Crippen molar-refractivity contribution < 1.29 is 19.1 Å². The number of hydrogen-bond acceptors (Lipinski definition) is 4. The highest BCUT2D eigenvalue weighted by molar-refractivity contribution is 6.06. The van der Waals surface area contributed by atoms with E-state index in [9.17, 15) is 14.4 Å². The van der Waals surface area contributed by atoms with Gasteiger partial charge in [-0.3, -0.25) is 14.5 Å². The molecule has 0 aliphatic carbocycles. The second-order valence-electron chi connectivity index (χ2n) is 7.32. The maximum absolute atomic E-state index is 12.9. The highest BCUT2D eigenvalue weighted by Crippen LogP contribution is 2.36. The van der Waals surface area contributed by atoms with E-state index in [0.717, 1.165) is 17.7 Å². The topological polar surface area (TPSA) is 70.2 Å². The van der Waals surface area contributed by atoms with Gasteiger partial charge in [-0.1, -0.05) is 18.2 Å². The number of piperidine rings is 1. The number of nitrogens with zero attached hydrogens (tertiary/aromatic N) is 3. The molecule has 7 nitrogen and oxygen atoms in total. The van der Waals surface area contributed by atoms with Crippen LogP contribution in [-0.4, -0.2) is 71.4 Å². The molecule has 3 aliphatic rings. The Hall–Kier alpha value is -2.57. The Morgan fingerprint density at radius 1 is 1.15 bits per heavy atom. The zero-order chi connectivity index (χ0) is 18.5. The smallest absolute Gasteiger partial charge is 0.327 e. The van der Waals surface area contributed by atoms with E-state index < -0.39 is 11.6 Å². The van der Waals surface area contributed by atoms with Crippen LogP contribution in [0.3, 0.4) is 0 Å². The average Bonchev–Trinajstić information content (AvgIpc) is 2.84. The molecule has 1 spiro atoms. The van der Waals surface area contributed by atoms with Gasteiger partial charge in [0, 0.05) is 27.2 Å². The summed E-state index contributed by atoms with van der Waals surface area (Å²) in [7, 11) is 3.18. The van der Waals surface area contributed by atoms with Gasteiger partial charge in [-0.05, 0) is 37.3 Å². The van der Waals surface area contributed by atoms with Gasteiger partial charge in [0.15, 0.2) is 6.10 Å². The van der Waals surface area contributed by atoms with Crippen LogP contribution in [0.2, 0.25) is 0 Å². The average molecular weight is 357 g/mol. The first-order chi connectivity index (χ1) is 12.4. The molecule has 3 aliphatic heterocycles. The molecule has 4 rings (SSSR count). The van der Waals surface area contributed by atoms with Crippen molar-refractivity contribution in [2.75, 3.05) is 27.2 Å². The van der Waals surface area contributed by atoms with E-state index in [0.29, 0.717) is 32.4 Å². The van der Waals surface area contributed by atoms with Gasteiger partial charge in [0.1, 0.15) is 11.3 Å². The molecule has 2 saturated heterocycles. The van der Waals surface area contributed by atoms with Crippen LogP contribution in [0.4, 0.5) is 4.79 Å².